The Morgan fingerprint density at radius 3 is 2.24 bits per heavy atom. The summed E-state index contributed by atoms with van der Waals surface area (Å²) in [6.07, 6.45) is 3.20. The van der Waals surface area contributed by atoms with Crippen LogP contribution >= 0.6 is 0 Å². The molecule has 0 bridgehead atoms. The molecule has 0 saturated carbocycles. The van der Waals surface area contributed by atoms with Gasteiger partial charge in [0.15, 0.2) is 0 Å². The van der Waals surface area contributed by atoms with Crippen molar-refractivity contribution in [1.29, 1.82) is 0 Å². The van der Waals surface area contributed by atoms with E-state index in [0.29, 0.717) is 24.3 Å². The molecule has 0 spiro atoms. The van der Waals surface area contributed by atoms with E-state index >= 15 is 0 Å². The van der Waals surface area contributed by atoms with Gasteiger partial charge in [-0.25, -0.2) is 0 Å². The summed E-state index contributed by atoms with van der Waals surface area (Å²) in [4.78, 5) is 14.0. The lowest BCUT2D eigenvalue weighted by Gasteiger charge is -2.46. The summed E-state index contributed by atoms with van der Waals surface area (Å²) in [5, 5.41) is 11.2. The third kappa shape index (κ3) is 6.41. The maximum absolute atomic E-state index is 11.6. The van der Waals surface area contributed by atoms with E-state index in [1.807, 2.05) is 12.1 Å². The maximum Gasteiger partial charge on any atom is 0.261 e. The highest BCUT2D eigenvalue weighted by Crippen LogP contribution is 2.40. The number of fused-ring (bicyclic) bond motifs is 1. The average Bonchev–Trinajstić information content (AvgIpc) is 3.05. The normalized spacial score (nSPS) is 24.5. The number of hydrogen-bond acceptors (Lipinski definition) is 5. The van der Waals surface area contributed by atoms with Gasteiger partial charge in [0.1, 0.15) is 0 Å². The summed E-state index contributed by atoms with van der Waals surface area (Å²) in [5.41, 5.74) is 9.14. The van der Waals surface area contributed by atoms with E-state index in [2.05, 4.69) is 49.1 Å². The van der Waals surface area contributed by atoms with Crippen LogP contribution in [0.2, 0.25) is 0 Å². The van der Waals surface area contributed by atoms with Crippen LogP contribution in [0, 0.1) is 5.92 Å². The molecule has 2 aromatic carbocycles. The molecule has 8 heteroatoms. The highest BCUT2D eigenvalue weighted by Gasteiger charge is 2.42. The number of piperidine rings is 1. The standard InChI is InChI=1S/C24H30N2O2.CH4O3S/c1-17-15-26(16-24(28)13-19-6-3-4-7-20(19)14-24)11-10-23(17,2)21-9-5-8-18(12-21)22(25)27;1-5(2,3)4/h3-9,12,17,28H,10-11,13-16H2,1-2H3,(H2,25,27);1H3,(H,2,3,4). The highest BCUT2D eigenvalue weighted by molar-refractivity contribution is 7.85. The molecule has 1 fully saturated rings. The van der Waals surface area contributed by atoms with Crippen molar-refractivity contribution >= 4 is 16.0 Å². The first-order valence-corrected chi connectivity index (χ1v) is 13.0. The van der Waals surface area contributed by atoms with Gasteiger partial charge in [-0.05, 0) is 53.1 Å². The monoisotopic (exact) mass is 474 g/mol. The van der Waals surface area contributed by atoms with Gasteiger partial charge in [-0.15, -0.1) is 0 Å². The number of likely N-dealkylation sites (tertiary alicyclic amines) is 1. The van der Waals surface area contributed by atoms with E-state index < -0.39 is 15.7 Å². The molecule has 33 heavy (non-hydrogen) atoms. The fourth-order valence-electron chi connectivity index (χ4n) is 5.12. The second-order valence-corrected chi connectivity index (χ2v) is 11.3. The van der Waals surface area contributed by atoms with Gasteiger partial charge in [-0.2, -0.15) is 8.42 Å². The number of nitrogens with two attached hydrogens (primary N) is 1. The molecule has 0 aromatic heterocycles. The molecule has 1 aliphatic heterocycles. The SMILES string of the molecule is CC1CN(CC2(O)Cc3ccccc3C2)CCC1(C)c1cccc(C(N)=O)c1.CS(=O)(=O)O. The van der Waals surface area contributed by atoms with Crippen molar-refractivity contribution in [2.45, 2.75) is 44.1 Å². The van der Waals surface area contributed by atoms with E-state index in [1.54, 1.807) is 6.07 Å². The molecule has 7 nitrogen and oxygen atoms in total. The molecular weight excluding hydrogens is 440 g/mol. The molecule has 1 heterocycles. The van der Waals surface area contributed by atoms with Crippen molar-refractivity contribution in [1.82, 2.24) is 4.90 Å². The minimum atomic E-state index is -3.67. The molecule has 180 valence electrons. The molecule has 2 unspecified atom stereocenters. The first-order valence-electron chi connectivity index (χ1n) is 11.1. The summed E-state index contributed by atoms with van der Waals surface area (Å²) in [6.45, 7) is 7.16. The van der Waals surface area contributed by atoms with E-state index in [0.717, 1.165) is 32.4 Å². The lowest BCUT2D eigenvalue weighted by molar-refractivity contribution is -0.00935. The van der Waals surface area contributed by atoms with Gasteiger partial charge in [0.05, 0.1) is 11.9 Å². The first-order chi connectivity index (χ1) is 15.3. The number of carbonyl (C=O) groups is 1. The molecule has 0 radical (unpaired) electrons. The van der Waals surface area contributed by atoms with Crippen molar-refractivity contribution in [2.75, 3.05) is 25.9 Å². The molecule has 4 N–H and O–H groups in total. The van der Waals surface area contributed by atoms with Crippen LogP contribution in [0.4, 0.5) is 0 Å². The Morgan fingerprint density at radius 2 is 1.73 bits per heavy atom. The van der Waals surface area contributed by atoms with Crippen LogP contribution in [-0.4, -0.2) is 60.4 Å². The van der Waals surface area contributed by atoms with Gasteiger partial charge in [0.2, 0.25) is 5.91 Å². The second-order valence-electron chi connectivity index (χ2n) is 9.83. The fraction of sp³-hybridized carbons (Fsp3) is 0.480. The second kappa shape index (κ2) is 9.54. The third-order valence-corrected chi connectivity index (χ3v) is 7.05. The van der Waals surface area contributed by atoms with Gasteiger partial charge in [-0.1, -0.05) is 50.2 Å². The summed E-state index contributed by atoms with van der Waals surface area (Å²) in [7, 11) is -3.67. The Balaban J connectivity index is 0.000000555. The smallest absolute Gasteiger partial charge is 0.261 e. The number of nitrogens with zero attached hydrogens (tertiary/aromatic N) is 1. The summed E-state index contributed by atoms with van der Waals surface area (Å²) >= 11 is 0. The minimum Gasteiger partial charge on any atom is -0.388 e. The van der Waals surface area contributed by atoms with Gasteiger partial charge >= 0.3 is 0 Å². The van der Waals surface area contributed by atoms with Gasteiger partial charge < -0.3 is 15.7 Å². The first kappa shape index (κ1) is 25.4. The number of rotatable bonds is 4. The summed E-state index contributed by atoms with van der Waals surface area (Å²) < 4.78 is 25.9. The van der Waals surface area contributed by atoms with Crippen LogP contribution < -0.4 is 5.73 Å². The Bertz CT molecular complexity index is 1080. The quantitative estimate of drug-likeness (QED) is 0.585. The zero-order valence-corrected chi connectivity index (χ0v) is 20.3. The topological polar surface area (TPSA) is 121 Å². The van der Waals surface area contributed by atoms with Crippen LogP contribution in [0.1, 0.15) is 47.3 Å². The zero-order valence-electron chi connectivity index (χ0n) is 19.5. The fourth-order valence-corrected chi connectivity index (χ4v) is 5.12. The predicted molar refractivity (Wildman–Crippen MR) is 129 cm³/mol. The molecule has 2 aromatic rings. The van der Waals surface area contributed by atoms with Crippen LogP contribution in [0.5, 0.6) is 0 Å². The lowest BCUT2D eigenvalue weighted by atomic mass is 9.67. The van der Waals surface area contributed by atoms with Crippen LogP contribution in [0.3, 0.4) is 0 Å². The van der Waals surface area contributed by atoms with Crippen molar-refractivity contribution in [3.8, 4) is 0 Å². The number of amides is 1. The van der Waals surface area contributed by atoms with Crippen molar-refractivity contribution < 1.29 is 22.9 Å². The average molecular weight is 475 g/mol. The predicted octanol–water partition coefficient (Wildman–Crippen LogP) is 2.42. The van der Waals surface area contributed by atoms with Crippen molar-refractivity contribution in [3.05, 3.63) is 70.8 Å². The van der Waals surface area contributed by atoms with Crippen molar-refractivity contribution in [3.63, 3.8) is 0 Å². The summed E-state index contributed by atoms with van der Waals surface area (Å²) in [6, 6.07) is 16.2. The molecule has 1 amide bonds. The number of hydrogen-bond donors (Lipinski definition) is 3. The van der Waals surface area contributed by atoms with E-state index in [9.17, 15) is 18.3 Å². The largest absolute Gasteiger partial charge is 0.388 e. The Labute approximate surface area is 196 Å². The summed E-state index contributed by atoms with van der Waals surface area (Å²) in [5.74, 6) is 0.0373. The van der Waals surface area contributed by atoms with Crippen LogP contribution in [0.15, 0.2) is 48.5 Å². The molecule has 2 atom stereocenters. The number of β-amino-alcohol motifs (C(OH)–C–C–N with tert-alkyl or cyclic N) is 1. The van der Waals surface area contributed by atoms with E-state index in [4.69, 9.17) is 10.3 Å². The maximum atomic E-state index is 11.6. The molecule has 4 rings (SSSR count). The molecule has 2 aliphatic rings. The zero-order chi connectivity index (χ0) is 24.4. The van der Waals surface area contributed by atoms with Crippen LogP contribution in [-0.2, 0) is 28.4 Å². The number of benzene rings is 2. The van der Waals surface area contributed by atoms with Gasteiger partial charge in [-0.3, -0.25) is 9.35 Å². The van der Waals surface area contributed by atoms with Crippen molar-refractivity contribution in [2.24, 2.45) is 11.7 Å². The van der Waals surface area contributed by atoms with Gasteiger partial charge in [0, 0.05) is 31.5 Å². The lowest BCUT2D eigenvalue weighted by Crippen LogP contribution is -2.52. The molecular formula is C25H34N2O5S. The Morgan fingerprint density at radius 1 is 1.15 bits per heavy atom. The number of carbonyl (C=O) groups excluding carboxylic acids is 1. The third-order valence-electron chi connectivity index (χ3n) is 7.05. The number of aliphatic hydroxyl groups is 1. The Kier molecular flexibility index (Phi) is 7.33. The Hall–Kier alpha value is -2.26. The van der Waals surface area contributed by atoms with Gasteiger partial charge in [0.25, 0.3) is 10.1 Å². The number of primary amides is 1. The molecule has 1 aliphatic carbocycles. The van der Waals surface area contributed by atoms with E-state index in [-0.39, 0.29) is 11.3 Å². The van der Waals surface area contributed by atoms with E-state index in [1.165, 1.54) is 16.7 Å². The minimum absolute atomic E-state index is 0.00319. The highest BCUT2D eigenvalue weighted by atomic mass is 32.2. The van der Waals surface area contributed by atoms with Crippen LogP contribution in [0.25, 0.3) is 0 Å². The molecule has 1 saturated heterocycles.